The van der Waals surface area contributed by atoms with Gasteiger partial charge >= 0.3 is 5.63 Å². The zero-order chi connectivity index (χ0) is 27.7. The fourth-order valence-electron chi connectivity index (χ4n) is 9.73. The van der Waals surface area contributed by atoms with Crippen LogP contribution >= 0.6 is 0 Å². The predicted molar refractivity (Wildman–Crippen MR) is 146 cm³/mol. The molecule has 0 amide bonds. The third-order valence-electron chi connectivity index (χ3n) is 12.1. The quantitative estimate of drug-likeness (QED) is 0.389. The summed E-state index contributed by atoms with van der Waals surface area (Å²) in [6.45, 7) is 6.99. The summed E-state index contributed by atoms with van der Waals surface area (Å²) in [6, 6.07) is 3.10. The van der Waals surface area contributed by atoms with Gasteiger partial charge in [0, 0.05) is 17.4 Å². The van der Waals surface area contributed by atoms with Crippen molar-refractivity contribution in [1.29, 1.82) is 0 Å². The maximum absolute atomic E-state index is 12.5. The van der Waals surface area contributed by atoms with Crippen LogP contribution in [0.25, 0.3) is 0 Å². The Hall–Kier alpha value is -1.55. The van der Waals surface area contributed by atoms with Crippen molar-refractivity contribution < 1.29 is 24.2 Å². The van der Waals surface area contributed by atoms with Gasteiger partial charge < -0.3 is 25.1 Å². The number of fused-ring (bicyclic) bond motifs is 5. The van der Waals surface area contributed by atoms with Crippen LogP contribution in [0.1, 0.15) is 83.6 Å². The van der Waals surface area contributed by atoms with Crippen molar-refractivity contribution in [2.24, 2.45) is 34.3 Å². The van der Waals surface area contributed by atoms with Crippen LogP contribution in [0, 0.1) is 28.6 Å². The Labute approximate surface area is 231 Å². The molecule has 8 heteroatoms. The molecule has 2 heterocycles. The van der Waals surface area contributed by atoms with Gasteiger partial charge in [-0.15, -0.1) is 0 Å². The average molecular weight is 543 g/mol. The predicted octanol–water partition coefficient (Wildman–Crippen LogP) is 3.71. The van der Waals surface area contributed by atoms with E-state index >= 15 is 0 Å². The fourth-order valence-corrected chi connectivity index (χ4v) is 9.73. The molecule has 4 N–H and O–H groups in total. The van der Waals surface area contributed by atoms with E-state index in [1.165, 1.54) is 11.6 Å². The van der Waals surface area contributed by atoms with E-state index in [-0.39, 0.29) is 52.5 Å². The molecule has 4 unspecified atom stereocenters. The van der Waals surface area contributed by atoms with Gasteiger partial charge in [-0.3, -0.25) is 4.84 Å². The Kier molecular flexibility index (Phi) is 6.92. The molecule has 5 aliphatic rings. The number of nitrogens with two attached hydrogens (primary N) is 1. The zero-order valence-corrected chi connectivity index (χ0v) is 23.8. The minimum Gasteiger partial charge on any atom is -0.431 e. The van der Waals surface area contributed by atoms with E-state index in [9.17, 15) is 15.0 Å². The molecule has 6 rings (SSSR count). The van der Waals surface area contributed by atoms with E-state index in [1.54, 1.807) is 13.4 Å². The number of hydrogen-bond acceptors (Lipinski definition) is 8. The van der Waals surface area contributed by atoms with Gasteiger partial charge in [0.2, 0.25) is 0 Å². The average Bonchev–Trinajstić information content (AvgIpc) is 3.20. The Morgan fingerprint density at radius 1 is 1.10 bits per heavy atom. The van der Waals surface area contributed by atoms with Crippen molar-refractivity contribution in [3.63, 3.8) is 0 Å². The van der Waals surface area contributed by atoms with Gasteiger partial charge in [-0.1, -0.05) is 32.4 Å². The first-order chi connectivity index (χ1) is 18.5. The number of aliphatic hydroxyl groups excluding tert-OH is 1. The van der Waals surface area contributed by atoms with Gasteiger partial charge in [0.25, 0.3) is 0 Å². The lowest BCUT2D eigenvalue weighted by Crippen LogP contribution is -2.61. The van der Waals surface area contributed by atoms with Gasteiger partial charge in [-0.2, -0.15) is 5.06 Å². The topological polar surface area (TPSA) is 118 Å². The van der Waals surface area contributed by atoms with Crippen molar-refractivity contribution in [3.05, 3.63) is 46.0 Å². The molecular weight excluding hydrogens is 496 g/mol. The molecule has 1 saturated heterocycles. The van der Waals surface area contributed by atoms with Crippen LogP contribution in [-0.2, 0) is 9.57 Å². The monoisotopic (exact) mass is 542 g/mol. The first-order valence-electron chi connectivity index (χ1n) is 14.9. The molecule has 0 aromatic carbocycles. The van der Waals surface area contributed by atoms with Crippen molar-refractivity contribution in [2.75, 3.05) is 13.7 Å². The fraction of sp³-hybridized carbons (Fsp3) is 0.774. The normalized spacial score (nSPS) is 47.7. The molecule has 8 nitrogen and oxygen atoms in total. The van der Waals surface area contributed by atoms with Crippen LogP contribution in [0.3, 0.4) is 0 Å². The highest BCUT2D eigenvalue weighted by molar-refractivity contribution is 5.31. The molecule has 0 bridgehead atoms. The minimum atomic E-state index is -0.721. The lowest BCUT2D eigenvalue weighted by Gasteiger charge is -2.62. The lowest BCUT2D eigenvalue weighted by molar-refractivity contribution is -0.291. The summed E-state index contributed by atoms with van der Waals surface area (Å²) < 4.78 is 11.3. The molecule has 1 aliphatic heterocycles. The summed E-state index contributed by atoms with van der Waals surface area (Å²) in [7, 11) is 1.69. The van der Waals surface area contributed by atoms with E-state index < -0.39 is 11.7 Å². The maximum Gasteiger partial charge on any atom is 0.335 e. The molecule has 4 fully saturated rings. The van der Waals surface area contributed by atoms with Gasteiger partial charge in [0.1, 0.15) is 6.23 Å². The number of allylic oxidation sites excluding steroid dienone is 1. The lowest BCUT2D eigenvalue weighted by atomic mass is 9.45. The second-order valence-electron chi connectivity index (χ2n) is 13.6. The van der Waals surface area contributed by atoms with Gasteiger partial charge in [-0.25, -0.2) is 4.79 Å². The van der Waals surface area contributed by atoms with E-state index in [1.807, 2.05) is 18.1 Å². The standard InChI is InChI=1S/C31H46N2O6/c1-18-27(35)25(32)17-39-28(18)33(37-4)21-9-12-29(2)20(15-21)6-7-24-23(29)10-13-30(3)22(11-14-31(24,30)36)19-5-8-26(34)38-16-19/h5,8,15-16,18,21-25,27-28,35-36H,6-7,9-14,17,32H2,1-4H3/t18?,21-,22+,23?,24?,25-,27+,28?,29-,30+,31-/m0/s1. The SMILES string of the molecule is CON(C1OC[C@H](N)[C@H](O)C1C)[C@@H]1C=C2CCC3C(CC[C@]4(C)[C@@H](c5ccc(=O)oc5)CC[C@]34O)[C@@]2(C)CC1. The Morgan fingerprint density at radius 2 is 1.90 bits per heavy atom. The molecule has 3 saturated carbocycles. The Morgan fingerprint density at radius 3 is 2.62 bits per heavy atom. The van der Waals surface area contributed by atoms with Crippen LogP contribution in [-0.4, -0.2) is 59.0 Å². The molecule has 0 spiro atoms. The summed E-state index contributed by atoms with van der Waals surface area (Å²) in [5.41, 5.74) is 7.33. The van der Waals surface area contributed by atoms with E-state index in [4.69, 9.17) is 19.7 Å². The van der Waals surface area contributed by atoms with E-state index in [2.05, 4.69) is 19.9 Å². The minimum absolute atomic E-state index is 0.0500. The second kappa shape index (κ2) is 9.78. The molecule has 1 aromatic rings. The third-order valence-corrected chi connectivity index (χ3v) is 12.1. The van der Waals surface area contributed by atoms with Crippen LogP contribution in [0.4, 0.5) is 0 Å². The highest BCUT2D eigenvalue weighted by atomic mass is 16.7. The summed E-state index contributed by atoms with van der Waals surface area (Å²) in [4.78, 5) is 17.5. The molecular formula is C31H46N2O6. The molecule has 4 aliphatic carbocycles. The highest BCUT2D eigenvalue weighted by Crippen LogP contribution is 2.70. The molecule has 1 aromatic heterocycles. The largest absolute Gasteiger partial charge is 0.431 e. The summed E-state index contributed by atoms with van der Waals surface area (Å²) in [6.07, 6.45) is 10.8. The number of rotatable bonds is 4. The maximum atomic E-state index is 12.5. The van der Waals surface area contributed by atoms with Crippen LogP contribution in [0.15, 0.2) is 39.3 Å². The van der Waals surface area contributed by atoms with Gasteiger partial charge in [0.05, 0.1) is 43.8 Å². The van der Waals surface area contributed by atoms with Crippen molar-refractivity contribution in [1.82, 2.24) is 5.06 Å². The van der Waals surface area contributed by atoms with E-state index in [0.29, 0.717) is 12.5 Å². The second-order valence-corrected chi connectivity index (χ2v) is 13.6. The van der Waals surface area contributed by atoms with Gasteiger partial charge in [0.15, 0.2) is 0 Å². The first-order valence-corrected chi connectivity index (χ1v) is 14.9. The number of ether oxygens (including phenoxy) is 1. The summed E-state index contributed by atoms with van der Waals surface area (Å²) in [5, 5.41) is 25.0. The van der Waals surface area contributed by atoms with Crippen LogP contribution in [0.5, 0.6) is 0 Å². The molecule has 216 valence electrons. The Balaban J connectivity index is 1.24. The van der Waals surface area contributed by atoms with Crippen molar-refractivity contribution in [2.45, 2.75) is 108 Å². The van der Waals surface area contributed by atoms with Crippen molar-refractivity contribution in [3.8, 4) is 0 Å². The van der Waals surface area contributed by atoms with Crippen LogP contribution in [0.2, 0.25) is 0 Å². The highest BCUT2D eigenvalue weighted by Gasteiger charge is 2.66. The number of nitrogens with zero attached hydrogens (tertiary/aromatic N) is 1. The molecule has 39 heavy (non-hydrogen) atoms. The summed E-state index contributed by atoms with van der Waals surface area (Å²) >= 11 is 0. The van der Waals surface area contributed by atoms with E-state index in [0.717, 1.165) is 56.9 Å². The molecule has 11 atom stereocenters. The number of hydroxylamine groups is 2. The first kappa shape index (κ1) is 27.6. The van der Waals surface area contributed by atoms with Gasteiger partial charge in [-0.05, 0) is 86.2 Å². The Bertz CT molecular complexity index is 1150. The third kappa shape index (κ3) is 4.04. The smallest absolute Gasteiger partial charge is 0.335 e. The number of aliphatic hydroxyl groups is 2. The zero-order valence-electron chi connectivity index (χ0n) is 23.8. The molecule has 0 radical (unpaired) electrons. The summed E-state index contributed by atoms with van der Waals surface area (Å²) in [5.74, 6) is 0.732. The van der Waals surface area contributed by atoms with Crippen molar-refractivity contribution >= 4 is 0 Å². The van der Waals surface area contributed by atoms with Crippen LogP contribution < -0.4 is 11.4 Å². The number of hydrogen-bond donors (Lipinski definition) is 3.